The van der Waals surface area contributed by atoms with E-state index in [2.05, 4.69) is 22.4 Å². The molecule has 2 aromatic carbocycles. The van der Waals surface area contributed by atoms with Crippen molar-refractivity contribution in [1.82, 2.24) is 25.5 Å². The number of allylic oxidation sites excluding steroid dienone is 1. The summed E-state index contributed by atoms with van der Waals surface area (Å²) in [5.74, 6) is -0.223. The molecule has 206 valence electrons. The maximum absolute atomic E-state index is 12.4. The van der Waals surface area contributed by atoms with Crippen LogP contribution in [0.2, 0.25) is 0 Å². The molecule has 2 unspecified atom stereocenters. The molecule has 2 aliphatic heterocycles. The van der Waals surface area contributed by atoms with E-state index < -0.39 is 24.8 Å². The van der Waals surface area contributed by atoms with Crippen LogP contribution in [-0.2, 0) is 4.74 Å². The second kappa shape index (κ2) is 10.7. The Labute approximate surface area is 223 Å². The monoisotopic (exact) mass is 541 g/mol. The van der Waals surface area contributed by atoms with E-state index in [1.807, 2.05) is 42.3 Å². The molecule has 2 aliphatic rings. The zero-order chi connectivity index (χ0) is 27.7. The smallest absolute Gasteiger partial charge is 0.356 e. The minimum Gasteiger partial charge on any atom is -0.356 e. The SMILES string of the molecule is C=C(C)c1c(NC2=NC(c3ccc(C(=O)NCC(F)(F)F)cc3)NN2C)ccc2c1cnn2C1CCCCO1. The summed E-state index contributed by atoms with van der Waals surface area (Å²) in [6.45, 7) is 5.49. The number of nitrogens with one attached hydrogen (secondary N) is 3. The number of nitrogens with zero attached hydrogens (tertiary/aromatic N) is 4. The van der Waals surface area contributed by atoms with Crippen molar-refractivity contribution in [3.63, 3.8) is 0 Å². The number of benzene rings is 2. The van der Waals surface area contributed by atoms with Gasteiger partial charge < -0.3 is 15.4 Å². The van der Waals surface area contributed by atoms with E-state index in [9.17, 15) is 18.0 Å². The van der Waals surface area contributed by atoms with Crippen molar-refractivity contribution >= 4 is 34.0 Å². The molecule has 1 fully saturated rings. The van der Waals surface area contributed by atoms with Crippen LogP contribution in [0.5, 0.6) is 0 Å². The van der Waals surface area contributed by atoms with E-state index in [4.69, 9.17) is 9.73 Å². The molecule has 0 spiro atoms. The first-order valence-corrected chi connectivity index (χ1v) is 12.7. The summed E-state index contributed by atoms with van der Waals surface area (Å²) in [7, 11) is 1.82. The van der Waals surface area contributed by atoms with Gasteiger partial charge in [0, 0.05) is 35.9 Å². The Kier molecular flexibility index (Phi) is 7.32. The van der Waals surface area contributed by atoms with Gasteiger partial charge in [-0.15, -0.1) is 0 Å². The molecule has 5 rings (SSSR count). The molecule has 0 bridgehead atoms. The van der Waals surface area contributed by atoms with Crippen LogP contribution in [0.4, 0.5) is 18.9 Å². The highest BCUT2D eigenvalue weighted by Crippen LogP contribution is 2.35. The van der Waals surface area contributed by atoms with E-state index in [-0.39, 0.29) is 11.8 Å². The van der Waals surface area contributed by atoms with Gasteiger partial charge in [0.05, 0.1) is 11.7 Å². The number of aliphatic imine (C=N–C) groups is 1. The summed E-state index contributed by atoms with van der Waals surface area (Å²) >= 11 is 0. The van der Waals surface area contributed by atoms with Crippen molar-refractivity contribution in [2.75, 3.05) is 25.5 Å². The number of hydrazine groups is 1. The third-order valence-corrected chi connectivity index (χ3v) is 6.71. The molecular formula is C27H30F3N7O2. The Morgan fingerprint density at radius 1 is 1.21 bits per heavy atom. The Hall–Kier alpha value is -3.90. The van der Waals surface area contributed by atoms with Gasteiger partial charge in [-0.1, -0.05) is 18.7 Å². The maximum Gasteiger partial charge on any atom is 0.405 e. The lowest BCUT2D eigenvalue weighted by Gasteiger charge is -2.24. The average molecular weight is 542 g/mol. The highest BCUT2D eigenvalue weighted by Gasteiger charge is 2.28. The van der Waals surface area contributed by atoms with Crippen LogP contribution in [0.1, 0.15) is 60.1 Å². The minimum atomic E-state index is -4.47. The molecule has 0 radical (unpaired) electrons. The van der Waals surface area contributed by atoms with E-state index in [1.165, 1.54) is 12.1 Å². The summed E-state index contributed by atoms with van der Waals surface area (Å²) in [5.41, 5.74) is 7.71. The third-order valence-electron chi connectivity index (χ3n) is 6.71. The number of anilines is 1. The number of carbonyl (C=O) groups excluding carboxylic acids is 1. The summed E-state index contributed by atoms with van der Waals surface area (Å²) in [4.78, 5) is 16.7. The number of halogens is 3. The van der Waals surface area contributed by atoms with Gasteiger partial charge in [0.15, 0.2) is 6.23 Å². The highest BCUT2D eigenvalue weighted by atomic mass is 19.4. The largest absolute Gasteiger partial charge is 0.405 e. The molecule has 0 aliphatic carbocycles. The Balaban J connectivity index is 1.35. The number of guanidine groups is 1. The Morgan fingerprint density at radius 3 is 2.64 bits per heavy atom. The number of alkyl halides is 3. The van der Waals surface area contributed by atoms with Crippen molar-refractivity contribution < 1.29 is 22.7 Å². The van der Waals surface area contributed by atoms with Crippen molar-refractivity contribution in [1.29, 1.82) is 0 Å². The average Bonchev–Trinajstić information content (AvgIpc) is 3.50. The number of amides is 1. The van der Waals surface area contributed by atoms with E-state index in [1.54, 1.807) is 17.1 Å². The van der Waals surface area contributed by atoms with E-state index in [0.29, 0.717) is 5.96 Å². The summed E-state index contributed by atoms with van der Waals surface area (Å²) in [5, 5.41) is 12.6. The normalized spacial score (nSPS) is 19.7. The van der Waals surface area contributed by atoms with Gasteiger partial charge in [0.25, 0.3) is 5.91 Å². The standard InChI is InChI=1S/C27H30F3N7O2/c1-16(2)23-19-14-32-37(22-6-4-5-13-39-22)21(19)12-11-20(23)33-26-34-24(35-36(26)3)17-7-9-18(10-8-17)25(38)31-15-27(28,29)30/h7-12,14,22,24,35H,1,4-6,13,15H2,2-3H3,(H,31,38)(H,33,34). The Morgan fingerprint density at radius 2 is 1.97 bits per heavy atom. The first-order chi connectivity index (χ1) is 18.6. The van der Waals surface area contributed by atoms with Gasteiger partial charge in [-0.05, 0) is 61.6 Å². The fourth-order valence-electron chi connectivity index (χ4n) is 4.80. The predicted molar refractivity (Wildman–Crippen MR) is 143 cm³/mol. The zero-order valence-corrected chi connectivity index (χ0v) is 21.7. The fourth-order valence-corrected chi connectivity index (χ4v) is 4.80. The topological polar surface area (TPSA) is 95.8 Å². The van der Waals surface area contributed by atoms with Crippen molar-refractivity contribution in [2.24, 2.45) is 4.99 Å². The number of ether oxygens (including phenoxy) is 1. The molecule has 3 N–H and O–H groups in total. The van der Waals surface area contributed by atoms with Gasteiger partial charge in [-0.3, -0.25) is 9.80 Å². The molecule has 1 amide bonds. The number of rotatable bonds is 6. The molecular weight excluding hydrogens is 511 g/mol. The Bertz CT molecular complexity index is 1410. The molecule has 39 heavy (non-hydrogen) atoms. The summed E-state index contributed by atoms with van der Waals surface area (Å²) in [6, 6.07) is 10.3. The number of carbonyl (C=O) groups is 1. The number of aromatic nitrogens is 2. The molecule has 9 nitrogen and oxygen atoms in total. The van der Waals surface area contributed by atoms with E-state index >= 15 is 0 Å². The molecule has 0 saturated carbocycles. The first-order valence-electron chi connectivity index (χ1n) is 12.7. The van der Waals surface area contributed by atoms with Gasteiger partial charge in [-0.2, -0.15) is 18.3 Å². The van der Waals surface area contributed by atoms with Gasteiger partial charge >= 0.3 is 6.18 Å². The first kappa shape index (κ1) is 26.7. The summed E-state index contributed by atoms with van der Waals surface area (Å²) in [6.07, 6.45) is -0.0627. The minimum absolute atomic E-state index is 0.0783. The van der Waals surface area contributed by atoms with Crippen LogP contribution in [0.3, 0.4) is 0 Å². The molecule has 1 saturated heterocycles. The van der Waals surface area contributed by atoms with Crippen LogP contribution in [0, 0.1) is 0 Å². The van der Waals surface area contributed by atoms with E-state index in [0.717, 1.165) is 59.2 Å². The second-order valence-corrected chi connectivity index (χ2v) is 9.70. The number of hydrogen-bond acceptors (Lipinski definition) is 7. The van der Waals surface area contributed by atoms with Gasteiger partial charge in [0.2, 0.25) is 5.96 Å². The van der Waals surface area contributed by atoms with Crippen molar-refractivity contribution in [3.8, 4) is 0 Å². The lowest BCUT2D eigenvalue weighted by Crippen LogP contribution is -2.37. The molecule has 3 heterocycles. The van der Waals surface area contributed by atoms with Gasteiger partial charge in [0.1, 0.15) is 12.7 Å². The number of fused-ring (bicyclic) bond motifs is 1. The zero-order valence-electron chi connectivity index (χ0n) is 21.7. The van der Waals surface area contributed by atoms with Crippen LogP contribution in [0.25, 0.3) is 16.5 Å². The third kappa shape index (κ3) is 5.76. The highest BCUT2D eigenvalue weighted by molar-refractivity contribution is 6.03. The summed E-state index contributed by atoms with van der Waals surface area (Å²) < 4.78 is 45.1. The van der Waals surface area contributed by atoms with Crippen molar-refractivity contribution in [3.05, 3.63) is 65.9 Å². The lowest BCUT2D eigenvalue weighted by atomic mass is 10.0. The lowest BCUT2D eigenvalue weighted by molar-refractivity contribution is -0.123. The van der Waals surface area contributed by atoms with Crippen LogP contribution in [0.15, 0.2) is 54.2 Å². The molecule has 1 aromatic heterocycles. The second-order valence-electron chi connectivity index (χ2n) is 9.70. The quantitative estimate of drug-likeness (QED) is 0.408. The predicted octanol–water partition coefficient (Wildman–Crippen LogP) is 4.98. The molecule has 2 atom stereocenters. The van der Waals surface area contributed by atoms with Crippen LogP contribution >= 0.6 is 0 Å². The number of hydrogen-bond donors (Lipinski definition) is 3. The van der Waals surface area contributed by atoms with Crippen molar-refractivity contribution in [2.45, 2.75) is 44.8 Å². The van der Waals surface area contributed by atoms with Crippen LogP contribution < -0.4 is 16.1 Å². The van der Waals surface area contributed by atoms with Gasteiger partial charge in [-0.25, -0.2) is 15.1 Å². The fraction of sp³-hybridized carbons (Fsp3) is 0.370. The molecule has 3 aromatic rings. The maximum atomic E-state index is 12.4. The van der Waals surface area contributed by atoms with Crippen LogP contribution in [-0.4, -0.2) is 53.0 Å². The molecule has 12 heteroatoms.